The molecule has 0 fully saturated rings. The number of pyridine rings is 1. The number of nitrogens with two attached hydrogens (primary N) is 1. The van der Waals surface area contributed by atoms with Crippen molar-refractivity contribution in [3.8, 4) is 0 Å². The molecule has 3 heterocycles. The fourth-order valence-electron chi connectivity index (χ4n) is 2.18. The summed E-state index contributed by atoms with van der Waals surface area (Å²) in [7, 11) is 1.80. The Labute approximate surface area is 123 Å². The highest BCUT2D eigenvalue weighted by molar-refractivity contribution is 9.10. The molecule has 8 heteroatoms. The molecule has 1 aliphatic heterocycles. The van der Waals surface area contributed by atoms with Gasteiger partial charge in [0.2, 0.25) is 0 Å². The molecule has 0 aromatic carbocycles. The smallest absolute Gasteiger partial charge is 0.322 e. The first-order valence-electron chi connectivity index (χ1n) is 6.02. The number of nitrogens with zero attached hydrogens (tertiary/aromatic N) is 4. The minimum absolute atomic E-state index is 0.183. The molecule has 1 aliphatic rings. The lowest BCUT2D eigenvalue weighted by molar-refractivity contribution is 0.212. The maximum absolute atomic E-state index is 12.2. The second kappa shape index (κ2) is 4.78. The molecule has 2 amide bonds. The molecule has 7 nitrogen and oxygen atoms in total. The van der Waals surface area contributed by atoms with Crippen LogP contribution in [0.1, 0.15) is 11.3 Å². The Hall–Kier alpha value is -2.09. The number of carbonyl (C=O) groups excluding carboxylic acids is 1. The van der Waals surface area contributed by atoms with Gasteiger partial charge in [-0.05, 0) is 22.0 Å². The van der Waals surface area contributed by atoms with Gasteiger partial charge in [-0.1, -0.05) is 0 Å². The van der Waals surface area contributed by atoms with Crippen molar-refractivity contribution in [3.63, 3.8) is 0 Å². The van der Waals surface area contributed by atoms with Gasteiger partial charge in [0.05, 0.1) is 28.9 Å². The molecule has 0 saturated heterocycles. The SMILES string of the molecule is Cn1nc2c(c1N)CN(C(=O)Nc1ccncc1Br)C2. The van der Waals surface area contributed by atoms with Gasteiger partial charge >= 0.3 is 6.03 Å². The quantitative estimate of drug-likeness (QED) is 0.829. The van der Waals surface area contributed by atoms with Crippen LogP contribution in [0.2, 0.25) is 0 Å². The summed E-state index contributed by atoms with van der Waals surface area (Å²) in [6, 6.07) is 1.55. The van der Waals surface area contributed by atoms with Crippen LogP contribution in [-0.2, 0) is 20.1 Å². The maximum atomic E-state index is 12.2. The molecule has 0 spiro atoms. The number of aromatic nitrogens is 3. The Kier molecular flexibility index (Phi) is 3.09. The molecule has 0 aliphatic carbocycles. The first-order chi connectivity index (χ1) is 9.56. The summed E-state index contributed by atoms with van der Waals surface area (Å²) in [5, 5.41) is 7.13. The van der Waals surface area contributed by atoms with E-state index in [1.807, 2.05) is 0 Å². The largest absolute Gasteiger partial charge is 0.384 e. The number of aryl methyl sites for hydroxylation is 1. The first-order valence-corrected chi connectivity index (χ1v) is 6.81. The summed E-state index contributed by atoms with van der Waals surface area (Å²) in [4.78, 5) is 17.8. The molecule has 2 aromatic heterocycles. The number of nitrogens with one attached hydrogen (secondary N) is 1. The summed E-state index contributed by atoms with van der Waals surface area (Å²) in [6.45, 7) is 0.943. The molecule has 3 N–H and O–H groups in total. The van der Waals surface area contributed by atoms with Crippen LogP contribution in [0, 0.1) is 0 Å². The van der Waals surface area contributed by atoms with Gasteiger partial charge in [0, 0.05) is 25.0 Å². The number of fused-ring (bicyclic) bond motifs is 1. The van der Waals surface area contributed by atoms with Gasteiger partial charge in [-0.2, -0.15) is 5.10 Å². The van der Waals surface area contributed by atoms with Gasteiger partial charge in [-0.25, -0.2) is 4.79 Å². The lowest BCUT2D eigenvalue weighted by atomic mass is 10.3. The van der Waals surface area contributed by atoms with Crippen LogP contribution in [0.15, 0.2) is 22.9 Å². The highest BCUT2D eigenvalue weighted by atomic mass is 79.9. The minimum atomic E-state index is -0.183. The third kappa shape index (κ3) is 2.11. The topological polar surface area (TPSA) is 89.1 Å². The number of amides is 2. The molecule has 2 aromatic rings. The Bertz CT molecular complexity index is 683. The van der Waals surface area contributed by atoms with E-state index in [2.05, 4.69) is 31.3 Å². The fraction of sp³-hybridized carbons (Fsp3) is 0.250. The molecule has 0 atom stereocenters. The number of halogens is 1. The zero-order chi connectivity index (χ0) is 14.3. The molecule has 20 heavy (non-hydrogen) atoms. The van der Waals surface area contributed by atoms with E-state index < -0.39 is 0 Å². The van der Waals surface area contributed by atoms with Crippen molar-refractivity contribution in [2.45, 2.75) is 13.1 Å². The van der Waals surface area contributed by atoms with Crippen LogP contribution < -0.4 is 11.1 Å². The lowest BCUT2D eigenvalue weighted by Crippen LogP contribution is -2.31. The molecule has 0 radical (unpaired) electrons. The van der Waals surface area contributed by atoms with Gasteiger partial charge in [-0.15, -0.1) is 0 Å². The first kappa shape index (κ1) is 12.9. The summed E-state index contributed by atoms with van der Waals surface area (Å²) >= 11 is 3.34. The van der Waals surface area contributed by atoms with E-state index in [1.54, 1.807) is 35.1 Å². The van der Waals surface area contributed by atoms with Gasteiger partial charge in [-0.3, -0.25) is 9.67 Å². The van der Waals surface area contributed by atoms with E-state index >= 15 is 0 Å². The average molecular weight is 337 g/mol. The van der Waals surface area contributed by atoms with Crippen LogP contribution in [-0.4, -0.2) is 25.7 Å². The van der Waals surface area contributed by atoms with E-state index in [-0.39, 0.29) is 6.03 Å². The standard InChI is InChI=1S/C12H13BrN6O/c1-18-11(14)7-5-19(6-10(7)17-18)12(20)16-9-2-3-15-4-8(9)13/h2-4H,5-6,14H2,1H3,(H,15,16,20). The predicted molar refractivity (Wildman–Crippen MR) is 77.8 cm³/mol. The highest BCUT2D eigenvalue weighted by Gasteiger charge is 2.28. The van der Waals surface area contributed by atoms with Gasteiger partial charge in [0.25, 0.3) is 0 Å². The highest BCUT2D eigenvalue weighted by Crippen LogP contribution is 2.28. The van der Waals surface area contributed by atoms with Crippen molar-refractivity contribution in [3.05, 3.63) is 34.2 Å². The summed E-state index contributed by atoms with van der Waals surface area (Å²) < 4.78 is 2.38. The number of nitrogen functional groups attached to an aromatic ring is 1. The number of carbonyl (C=O) groups is 1. The monoisotopic (exact) mass is 336 g/mol. The van der Waals surface area contributed by atoms with Crippen molar-refractivity contribution < 1.29 is 4.79 Å². The van der Waals surface area contributed by atoms with E-state index in [4.69, 9.17) is 5.73 Å². The summed E-state index contributed by atoms with van der Waals surface area (Å²) in [5.74, 6) is 0.611. The normalized spacial score (nSPS) is 13.4. The third-order valence-electron chi connectivity index (χ3n) is 3.27. The van der Waals surface area contributed by atoms with Crippen LogP contribution in [0.4, 0.5) is 16.3 Å². The number of hydrogen-bond donors (Lipinski definition) is 2. The van der Waals surface area contributed by atoms with Gasteiger partial charge < -0.3 is 16.0 Å². The summed E-state index contributed by atoms with van der Waals surface area (Å²) in [6.07, 6.45) is 3.26. The predicted octanol–water partition coefficient (Wildman–Crippen LogP) is 1.71. The molecular weight excluding hydrogens is 324 g/mol. The maximum Gasteiger partial charge on any atom is 0.322 e. The lowest BCUT2D eigenvalue weighted by Gasteiger charge is -2.17. The van der Waals surface area contributed by atoms with Crippen LogP contribution in [0.25, 0.3) is 0 Å². The van der Waals surface area contributed by atoms with E-state index in [0.717, 1.165) is 15.7 Å². The number of urea groups is 1. The molecule has 0 saturated carbocycles. The van der Waals surface area contributed by atoms with Crippen molar-refractivity contribution in [1.29, 1.82) is 0 Å². The van der Waals surface area contributed by atoms with Crippen molar-refractivity contribution in [2.75, 3.05) is 11.1 Å². The summed E-state index contributed by atoms with van der Waals surface area (Å²) in [5.41, 5.74) is 8.39. The average Bonchev–Trinajstić information content (AvgIpc) is 2.94. The number of rotatable bonds is 1. The zero-order valence-corrected chi connectivity index (χ0v) is 12.4. The Morgan fingerprint density at radius 3 is 3.00 bits per heavy atom. The van der Waals surface area contributed by atoms with Crippen molar-refractivity contribution >= 4 is 33.5 Å². The van der Waals surface area contributed by atoms with Gasteiger partial charge in [0.15, 0.2) is 0 Å². The Balaban J connectivity index is 1.73. The minimum Gasteiger partial charge on any atom is -0.384 e. The van der Waals surface area contributed by atoms with Crippen molar-refractivity contribution in [2.24, 2.45) is 7.05 Å². The van der Waals surface area contributed by atoms with Crippen LogP contribution in [0.5, 0.6) is 0 Å². The Morgan fingerprint density at radius 1 is 1.50 bits per heavy atom. The molecule has 0 unspecified atom stereocenters. The van der Waals surface area contributed by atoms with E-state index in [0.29, 0.717) is 24.6 Å². The number of anilines is 2. The second-order valence-electron chi connectivity index (χ2n) is 4.58. The third-order valence-corrected chi connectivity index (χ3v) is 3.90. The van der Waals surface area contributed by atoms with E-state index in [9.17, 15) is 4.79 Å². The molecule has 104 valence electrons. The molecule has 3 rings (SSSR count). The van der Waals surface area contributed by atoms with E-state index in [1.165, 1.54) is 0 Å². The van der Waals surface area contributed by atoms with Crippen LogP contribution >= 0.6 is 15.9 Å². The number of hydrogen-bond acceptors (Lipinski definition) is 4. The fourth-order valence-corrected chi connectivity index (χ4v) is 2.53. The van der Waals surface area contributed by atoms with Crippen LogP contribution in [0.3, 0.4) is 0 Å². The second-order valence-corrected chi connectivity index (χ2v) is 5.43. The molecular formula is C12H13BrN6O. The zero-order valence-electron chi connectivity index (χ0n) is 10.8. The van der Waals surface area contributed by atoms with Crippen molar-refractivity contribution in [1.82, 2.24) is 19.7 Å². The Morgan fingerprint density at radius 2 is 2.30 bits per heavy atom. The van der Waals surface area contributed by atoms with Gasteiger partial charge in [0.1, 0.15) is 5.82 Å². The molecule has 0 bridgehead atoms.